The van der Waals surface area contributed by atoms with E-state index in [0.29, 0.717) is 31.1 Å². The second kappa shape index (κ2) is 7.37. The lowest BCUT2D eigenvalue weighted by atomic mass is 10.2. The molecule has 0 aliphatic heterocycles. The molecule has 7 heteroatoms. The smallest absolute Gasteiger partial charge is 0.323 e. The van der Waals surface area contributed by atoms with Crippen molar-refractivity contribution in [3.63, 3.8) is 0 Å². The summed E-state index contributed by atoms with van der Waals surface area (Å²) >= 11 is 0. The van der Waals surface area contributed by atoms with Crippen molar-refractivity contribution in [3.05, 3.63) is 30.1 Å². The molecule has 0 fully saturated rings. The van der Waals surface area contributed by atoms with Crippen LogP contribution in [0.1, 0.15) is 19.4 Å². The van der Waals surface area contributed by atoms with Crippen LogP contribution in [0.25, 0.3) is 0 Å². The first-order chi connectivity index (χ1) is 10.2. The SMILES string of the molecule is CCNc1nc(OCC)nc(N(C)Cc2ccncc2)n1. The highest BCUT2D eigenvalue weighted by atomic mass is 16.5. The maximum atomic E-state index is 5.39. The van der Waals surface area contributed by atoms with E-state index in [1.54, 1.807) is 12.4 Å². The van der Waals surface area contributed by atoms with Crippen molar-refractivity contribution in [2.45, 2.75) is 20.4 Å². The molecule has 2 aromatic heterocycles. The van der Waals surface area contributed by atoms with Crippen molar-refractivity contribution >= 4 is 11.9 Å². The van der Waals surface area contributed by atoms with E-state index in [1.165, 1.54) is 0 Å². The van der Waals surface area contributed by atoms with Crippen LogP contribution in [0.15, 0.2) is 24.5 Å². The molecule has 2 aromatic rings. The number of nitrogens with one attached hydrogen (secondary N) is 1. The Morgan fingerprint density at radius 3 is 2.57 bits per heavy atom. The minimum absolute atomic E-state index is 0.333. The molecule has 0 unspecified atom stereocenters. The van der Waals surface area contributed by atoms with Crippen molar-refractivity contribution in [1.82, 2.24) is 19.9 Å². The van der Waals surface area contributed by atoms with Crippen molar-refractivity contribution in [1.29, 1.82) is 0 Å². The minimum Gasteiger partial charge on any atom is -0.464 e. The number of ether oxygens (including phenoxy) is 1. The van der Waals surface area contributed by atoms with Crippen LogP contribution in [0.4, 0.5) is 11.9 Å². The third-order valence-corrected chi connectivity index (χ3v) is 2.72. The van der Waals surface area contributed by atoms with Gasteiger partial charge in [-0.2, -0.15) is 15.0 Å². The number of pyridine rings is 1. The van der Waals surface area contributed by atoms with E-state index in [9.17, 15) is 0 Å². The highest BCUT2D eigenvalue weighted by molar-refractivity contribution is 5.38. The summed E-state index contributed by atoms with van der Waals surface area (Å²) in [7, 11) is 1.93. The number of hydrogen-bond donors (Lipinski definition) is 1. The molecule has 0 saturated heterocycles. The average molecular weight is 288 g/mol. The number of rotatable bonds is 7. The van der Waals surface area contributed by atoms with Crippen LogP contribution >= 0.6 is 0 Å². The second-order valence-electron chi connectivity index (χ2n) is 4.42. The number of aromatic nitrogens is 4. The summed E-state index contributed by atoms with van der Waals surface area (Å²) in [6.07, 6.45) is 3.54. The van der Waals surface area contributed by atoms with Gasteiger partial charge in [0.05, 0.1) is 6.61 Å². The summed E-state index contributed by atoms with van der Waals surface area (Å²) in [5.74, 6) is 1.09. The van der Waals surface area contributed by atoms with E-state index < -0.39 is 0 Å². The molecule has 0 saturated carbocycles. The highest BCUT2D eigenvalue weighted by Crippen LogP contribution is 2.15. The first-order valence-corrected chi connectivity index (χ1v) is 6.95. The zero-order valence-corrected chi connectivity index (χ0v) is 12.6. The fourth-order valence-corrected chi connectivity index (χ4v) is 1.78. The van der Waals surface area contributed by atoms with Crippen LogP contribution in [0.5, 0.6) is 6.01 Å². The lowest BCUT2D eigenvalue weighted by Crippen LogP contribution is -2.21. The van der Waals surface area contributed by atoms with Crippen LogP contribution in [0.3, 0.4) is 0 Å². The van der Waals surface area contributed by atoms with Gasteiger partial charge < -0.3 is 15.0 Å². The molecule has 0 aliphatic rings. The summed E-state index contributed by atoms with van der Waals surface area (Å²) in [6.45, 7) is 5.83. The fourth-order valence-electron chi connectivity index (χ4n) is 1.78. The zero-order valence-electron chi connectivity index (χ0n) is 12.6. The third-order valence-electron chi connectivity index (χ3n) is 2.72. The first kappa shape index (κ1) is 15.0. The molecule has 0 bridgehead atoms. The van der Waals surface area contributed by atoms with Crippen LogP contribution < -0.4 is 15.0 Å². The maximum absolute atomic E-state index is 5.39. The standard InChI is InChI=1S/C14H20N6O/c1-4-16-12-17-13(19-14(18-12)21-5-2)20(3)10-11-6-8-15-9-7-11/h6-9H,4-5,10H2,1-3H3,(H,16,17,18,19). The quantitative estimate of drug-likeness (QED) is 0.831. The Labute approximate surface area is 124 Å². The average Bonchev–Trinajstić information content (AvgIpc) is 2.49. The van der Waals surface area contributed by atoms with Crippen molar-refractivity contribution in [3.8, 4) is 6.01 Å². The summed E-state index contributed by atoms with van der Waals surface area (Å²) in [6, 6.07) is 4.26. The van der Waals surface area contributed by atoms with E-state index in [4.69, 9.17) is 4.74 Å². The van der Waals surface area contributed by atoms with Crippen LogP contribution in [-0.4, -0.2) is 40.1 Å². The van der Waals surface area contributed by atoms with Gasteiger partial charge in [0.2, 0.25) is 11.9 Å². The van der Waals surface area contributed by atoms with Crippen molar-refractivity contribution in [2.75, 3.05) is 30.4 Å². The summed E-state index contributed by atoms with van der Waals surface area (Å²) in [4.78, 5) is 18.9. The number of hydrogen-bond acceptors (Lipinski definition) is 7. The largest absolute Gasteiger partial charge is 0.464 e. The van der Waals surface area contributed by atoms with Gasteiger partial charge in [-0.05, 0) is 31.5 Å². The lowest BCUT2D eigenvalue weighted by Gasteiger charge is -2.18. The molecule has 2 rings (SSSR count). The van der Waals surface area contributed by atoms with E-state index in [1.807, 2.05) is 37.9 Å². The predicted octanol–water partition coefficient (Wildman–Crippen LogP) is 1.73. The van der Waals surface area contributed by atoms with Crippen molar-refractivity contribution in [2.24, 2.45) is 0 Å². The Balaban J connectivity index is 2.20. The molecular formula is C14H20N6O. The molecular weight excluding hydrogens is 268 g/mol. The number of anilines is 2. The monoisotopic (exact) mass is 288 g/mol. The molecule has 21 heavy (non-hydrogen) atoms. The predicted molar refractivity (Wildman–Crippen MR) is 81.5 cm³/mol. The second-order valence-corrected chi connectivity index (χ2v) is 4.42. The number of nitrogens with zero attached hydrogens (tertiary/aromatic N) is 5. The molecule has 0 spiro atoms. The maximum Gasteiger partial charge on any atom is 0.323 e. The van der Waals surface area contributed by atoms with Crippen LogP contribution in [0.2, 0.25) is 0 Å². The molecule has 0 aliphatic carbocycles. The Bertz CT molecular complexity index is 538. The molecule has 7 nitrogen and oxygen atoms in total. The van der Waals surface area contributed by atoms with Gasteiger partial charge in [0.1, 0.15) is 0 Å². The molecule has 0 amide bonds. The van der Waals surface area contributed by atoms with Crippen LogP contribution in [0, 0.1) is 0 Å². The van der Waals surface area contributed by atoms with Gasteiger partial charge in [-0.3, -0.25) is 4.98 Å². The van der Waals surface area contributed by atoms with Gasteiger partial charge in [-0.25, -0.2) is 0 Å². The molecule has 0 radical (unpaired) electrons. The van der Waals surface area contributed by atoms with E-state index in [0.717, 1.165) is 12.1 Å². The molecule has 1 N–H and O–H groups in total. The van der Waals surface area contributed by atoms with Gasteiger partial charge in [-0.1, -0.05) is 0 Å². The lowest BCUT2D eigenvalue weighted by molar-refractivity contribution is 0.312. The molecule has 0 aromatic carbocycles. The van der Waals surface area contributed by atoms with Gasteiger partial charge >= 0.3 is 6.01 Å². The summed E-state index contributed by atoms with van der Waals surface area (Å²) in [5, 5.41) is 3.09. The highest BCUT2D eigenvalue weighted by Gasteiger charge is 2.11. The van der Waals surface area contributed by atoms with E-state index in [2.05, 4.69) is 25.3 Å². The van der Waals surface area contributed by atoms with E-state index >= 15 is 0 Å². The minimum atomic E-state index is 0.333. The van der Waals surface area contributed by atoms with Gasteiger partial charge in [0.15, 0.2) is 0 Å². The Morgan fingerprint density at radius 2 is 1.90 bits per heavy atom. The van der Waals surface area contributed by atoms with Crippen LogP contribution in [-0.2, 0) is 6.54 Å². The zero-order chi connectivity index (χ0) is 15.1. The topological polar surface area (TPSA) is 76.1 Å². The Kier molecular flexibility index (Phi) is 5.25. The van der Waals surface area contributed by atoms with Gasteiger partial charge in [0, 0.05) is 32.5 Å². The Hall–Kier alpha value is -2.44. The van der Waals surface area contributed by atoms with Crippen molar-refractivity contribution < 1.29 is 4.74 Å². The normalized spacial score (nSPS) is 10.2. The summed E-state index contributed by atoms with van der Waals surface area (Å²) < 4.78 is 5.39. The summed E-state index contributed by atoms with van der Waals surface area (Å²) in [5.41, 5.74) is 1.14. The molecule has 0 atom stereocenters. The fraction of sp³-hybridized carbons (Fsp3) is 0.429. The Morgan fingerprint density at radius 1 is 1.14 bits per heavy atom. The molecule has 2 heterocycles. The third kappa shape index (κ3) is 4.27. The van der Waals surface area contributed by atoms with Gasteiger partial charge in [0.25, 0.3) is 0 Å². The van der Waals surface area contributed by atoms with E-state index in [-0.39, 0.29) is 0 Å². The first-order valence-electron chi connectivity index (χ1n) is 6.95. The molecule has 112 valence electrons. The van der Waals surface area contributed by atoms with Gasteiger partial charge in [-0.15, -0.1) is 0 Å².